The molecule has 0 radical (unpaired) electrons. The van der Waals surface area contributed by atoms with Crippen LogP contribution in [0.15, 0.2) is 121 Å². The maximum absolute atomic E-state index is 14.6. The van der Waals surface area contributed by atoms with Gasteiger partial charge >= 0.3 is 0 Å². The lowest BCUT2D eigenvalue weighted by molar-refractivity contribution is -0.164. The van der Waals surface area contributed by atoms with Gasteiger partial charge in [-0.25, -0.2) is 0 Å². The number of Topliss-reactive ketones (excluding diaryl/α,β-unsaturated/α-hetero) is 1. The number of hydrogen-bond donors (Lipinski definition) is 0. The molecule has 0 bridgehead atoms. The van der Waals surface area contributed by atoms with Crippen LogP contribution in [0.2, 0.25) is 18.1 Å². The number of ether oxygens (including phenoxy) is 4. The van der Waals surface area contributed by atoms with Crippen LogP contribution in [0, 0.1) is 0 Å². The largest absolute Gasteiger partial charge is 0.414 e. The highest BCUT2D eigenvalue weighted by Gasteiger charge is 2.41. The van der Waals surface area contributed by atoms with Gasteiger partial charge in [-0.15, -0.1) is 0 Å². The molecule has 0 aliphatic carbocycles. The first-order valence-electron chi connectivity index (χ1n) is 16.4. The molecule has 7 heteroatoms. The summed E-state index contributed by atoms with van der Waals surface area (Å²) in [7, 11) is -2.19. The van der Waals surface area contributed by atoms with Gasteiger partial charge in [-0.3, -0.25) is 4.79 Å². The Hall–Kier alpha value is -3.43. The third-order valence-corrected chi connectivity index (χ3v) is 13.1. The highest BCUT2D eigenvalue weighted by atomic mass is 28.4. The van der Waals surface area contributed by atoms with E-state index in [0.717, 1.165) is 22.3 Å². The van der Waals surface area contributed by atoms with E-state index < -0.39 is 26.6 Å². The molecule has 250 valence electrons. The fourth-order valence-electron chi connectivity index (χ4n) is 4.66. The summed E-state index contributed by atoms with van der Waals surface area (Å²) in [5, 5.41) is -0.0199. The predicted molar refractivity (Wildman–Crippen MR) is 189 cm³/mol. The average Bonchev–Trinajstić information content (AvgIpc) is 3.08. The molecule has 6 nitrogen and oxygen atoms in total. The van der Waals surface area contributed by atoms with Gasteiger partial charge in [-0.2, -0.15) is 0 Å². The van der Waals surface area contributed by atoms with Gasteiger partial charge in [0.1, 0.15) is 18.3 Å². The van der Waals surface area contributed by atoms with Gasteiger partial charge in [-0.05, 0) is 40.4 Å². The molecule has 0 aliphatic rings. The minimum atomic E-state index is -2.19. The summed E-state index contributed by atoms with van der Waals surface area (Å²) >= 11 is 0. The zero-order valence-electron chi connectivity index (χ0n) is 28.5. The van der Waals surface area contributed by atoms with Gasteiger partial charge in [0.05, 0.1) is 39.6 Å². The van der Waals surface area contributed by atoms with Crippen molar-refractivity contribution < 1.29 is 28.2 Å². The van der Waals surface area contributed by atoms with E-state index in [0.29, 0.717) is 13.2 Å². The van der Waals surface area contributed by atoms with E-state index in [9.17, 15) is 4.79 Å². The van der Waals surface area contributed by atoms with Crippen LogP contribution < -0.4 is 0 Å². The van der Waals surface area contributed by atoms with Crippen molar-refractivity contribution in [3.63, 3.8) is 0 Å². The van der Waals surface area contributed by atoms with E-state index in [1.54, 1.807) is 0 Å². The van der Waals surface area contributed by atoms with E-state index in [-0.39, 0.29) is 37.2 Å². The first kappa shape index (κ1) is 36.4. The van der Waals surface area contributed by atoms with Crippen molar-refractivity contribution in [3.8, 4) is 0 Å². The van der Waals surface area contributed by atoms with Crippen LogP contribution in [-0.4, -0.2) is 45.6 Å². The molecule has 0 saturated heterocycles. The Morgan fingerprint density at radius 3 is 1.43 bits per heavy atom. The molecule has 0 aromatic heterocycles. The van der Waals surface area contributed by atoms with Gasteiger partial charge in [-0.1, -0.05) is 142 Å². The maximum atomic E-state index is 14.6. The van der Waals surface area contributed by atoms with Gasteiger partial charge < -0.3 is 23.4 Å². The highest BCUT2D eigenvalue weighted by Crippen LogP contribution is 2.37. The summed E-state index contributed by atoms with van der Waals surface area (Å²) in [5.74, 6) is -0.234. The van der Waals surface area contributed by atoms with Crippen molar-refractivity contribution in [1.82, 2.24) is 0 Å². The van der Waals surface area contributed by atoms with E-state index in [4.69, 9.17) is 23.4 Å². The van der Waals surface area contributed by atoms with Crippen molar-refractivity contribution in [3.05, 3.63) is 144 Å². The monoisotopic (exact) mass is 654 g/mol. The van der Waals surface area contributed by atoms with Crippen molar-refractivity contribution >= 4 is 14.1 Å². The maximum Gasteiger partial charge on any atom is 0.195 e. The lowest BCUT2D eigenvalue weighted by atomic mass is 10.0. The lowest BCUT2D eigenvalue weighted by Gasteiger charge is -2.38. The van der Waals surface area contributed by atoms with Crippen LogP contribution in [0.25, 0.3) is 0 Å². The summed E-state index contributed by atoms with van der Waals surface area (Å²) in [5.41, 5.74) is 3.94. The Kier molecular flexibility index (Phi) is 14.1. The summed E-state index contributed by atoms with van der Waals surface area (Å²) < 4.78 is 32.2. The predicted octanol–water partition coefficient (Wildman–Crippen LogP) is 8.55. The minimum Gasteiger partial charge on any atom is -0.414 e. The number of carbonyl (C=O) groups excluding carboxylic acids is 1. The fraction of sp³-hybridized carbons (Fsp3) is 0.375. The Labute approximate surface area is 282 Å². The molecule has 0 heterocycles. The second kappa shape index (κ2) is 18.2. The standard InChI is InChI=1S/C40H50O6Si/c1-40(2,3)47(4,5)46-31-37(44-28-34-22-14-8-15-23-34)39(45-29-35-24-16-9-17-25-35)38(41)36(43-27-33-20-12-7-13-21-33)30-42-26-32-18-10-6-11-19-32/h6-25,36-37,39H,26-31H2,1-5H3/t36-,37+,39-/m1/s1. The zero-order valence-corrected chi connectivity index (χ0v) is 29.5. The first-order chi connectivity index (χ1) is 22.6. The Morgan fingerprint density at radius 1 is 0.574 bits per heavy atom. The molecule has 4 aromatic carbocycles. The molecule has 0 fully saturated rings. The summed E-state index contributed by atoms with van der Waals surface area (Å²) in [4.78, 5) is 14.6. The number of rotatable bonds is 19. The smallest absolute Gasteiger partial charge is 0.195 e. The second-order valence-corrected chi connectivity index (χ2v) is 18.1. The summed E-state index contributed by atoms with van der Waals surface area (Å²) in [6, 6.07) is 39.5. The van der Waals surface area contributed by atoms with E-state index in [2.05, 4.69) is 33.9 Å². The van der Waals surface area contributed by atoms with E-state index in [1.807, 2.05) is 121 Å². The fourth-order valence-corrected chi connectivity index (χ4v) is 5.68. The van der Waals surface area contributed by atoms with Crippen LogP contribution in [0.3, 0.4) is 0 Å². The molecule has 0 unspecified atom stereocenters. The SMILES string of the molecule is CC(C)(C)[Si](C)(C)OC[C@H](OCc1ccccc1)[C@@H](OCc1ccccc1)C(=O)[C@@H](COCc1ccccc1)OCc1ccccc1. The van der Waals surface area contributed by atoms with Crippen LogP contribution in [0.4, 0.5) is 0 Å². The molecular formula is C40H50O6Si. The minimum absolute atomic E-state index is 0.0199. The molecule has 0 spiro atoms. The third-order valence-electron chi connectivity index (χ3n) is 8.60. The van der Waals surface area contributed by atoms with Crippen LogP contribution in [0.5, 0.6) is 0 Å². The molecular weight excluding hydrogens is 605 g/mol. The topological polar surface area (TPSA) is 63.2 Å². The average molecular weight is 655 g/mol. The zero-order chi connectivity index (χ0) is 33.5. The van der Waals surface area contributed by atoms with Crippen molar-refractivity contribution in [2.75, 3.05) is 13.2 Å². The Bertz CT molecular complexity index is 1440. The highest BCUT2D eigenvalue weighted by molar-refractivity contribution is 6.74. The molecule has 4 aromatic rings. The Balaban J connectivity index is 1.62. The molecule has 0 saturated carbocycles. The van der Waals surface area contributed by atoms with E-state index in [1.165, 1.54) is 0 Å². The van der Waals surface area contributed by atoms with Gasteiger partial charge in [0.15, 0.2) is 14.1 Å². The number of carbonyl (C=O) groups is 1. The lowest BCUT2D eigenvalue weighted by Crippen LogP contribution is -2.50. The molecule has 3 atom stereocenters. The molecule has 0 amide bonds. The number of hydrogen-bond acceptors (Lipinski definition) is 6. The summed E-state index contributed by atoms with van der Waals surface area (Å²) in [6.45, 7) is 12.4. The van der Waals surface area contributed by atoms with Crippen LogP contribution in [-0.2, 0) is 54.6 Å². The molecule has 4 rings (SSSR count). The summed E-state index contributed by atoms with van der Waals surface area (Å²) in [6.07, 6.45) is -2.54. The van der Waals surface area contributed by atoms with Gasteiger partial charge in [0.2, 0.25) is 0 Å². The van der Waals surface area contributed by atoms with Crippen molar-refractivity contribution in [2.24, 2.45) is 0 Å². The Morgan fingerprint density at radius 2 is 0.979 bits per heavy atom. The molecule has 47 heavy (non-hydrogen) atoms. The van der Waals surface area contributed by atoms with Gasteiger partial charge in [0, 0.05) is 0 Å². The van der Waals surface area contributed by atoms with Crippen molar-refractivity contribution in [2.45, 2.75) is 83.6 Å². The van der Waals surface area contributed by atoms with Gasteiger partial charge in [0.25, 0.3) is 0 Å². The van der Waals surface area contributed by atoms with E-state index >= 15 is 0 Å². The van der Waals surface area contributed by atoms with Crippen molar-refractivity contribution in [1.29, 1.82) is 0 Å². The molecule has 0 aliphatic heterocycles. The quantitative estimate of drug-likeness (QED) is 0.0945. The van der Waals surface area contributed by atoms with Crippen LogP contribution >= 0.6 is 0 Å². The van der Waals surface area contributed by atoms with Crippen LogP contribution in [0.1, 0.15) is 43.0 Å². The second-order valence-electron chi connectivity index (χ2n) is 13.3. The first-order valence-corrected chi connectivity index (χ1v) is 19.3. The third kappa shape index (κ3) is 11.9. The number of benzene rings is 4. The number of ketones is 1. The molecule has 0 N–H and O–H groups in total. The normalized spacial score (nSPS) is 14.0.